The molecule has 3 nitrogen and oxygen atoms in total. The van der Waals surface area contributed by atoms with E-state index in [-0.39, 0.29) is 12.1 Å². The lowest BCUT2D eigenvalue weighted by Gasteiger charge is -2.48. The average molecular weight is 338 g/mol. The molecule has 1 aromatic rings. The van der Waals surface area contributed by atoms with Crippen LogP contribution < -0.4 is 0 Å². The van der Waals surface area contributed by atoms with Gasteiger partial charge >= 0.3 is 5.97 Å². The summed E-state index contributed by atoms with van der Waals surface area (Å²) in [4.78, 5) is 12.3. The number of hydrogen-bond donors (Lipinski definition) is 0. The smallest absolute Gasteiger partial charge is 0.374 e. The van der Waals surface area contributed by atoms with Crippen molar-refractivity contribution in [1.82, 2.24) is 0 Å². The van der Waals surface area contributed by atoms with Crippen LogP contribution in [0.5, 0.6) is 0 Å². The molecule has 0 saturated heterocycles. The maximum atomic E-state index is 12.3. The zero-order chi connectivity index (χ0) is 16.8. The van der Waals surface area contributed by atoms with Crippen molar-refractivity contribution in [2.45, 2.75) is 51.0 Å². The largest absolute Gasteiger partial charge is 0.457 e. The molecule has 6 atom stereocenters. The van der Waals surface area contributed by atoms with Gasteiger partial charge in [0.1, 0.15) is 6.10 Å². The molecular formula is C22H26O3. The predicted octanol–water partition coefficient (Wildman–Crippen LogP) is 5.15. The summed E-state index contributed by atoms with van der Waals surface area (Å²) in [7, 11) is 0. The van der Waals surface area contributed by atoms with Crippen LogP contribution >= 0.6 is 0 Å². The lowest BCUT2D eigenvalue weighted by molar-refractivity contribution is -0.00983. The minimum absolute atomic E-state index is 0.0855. The van der Waals surface area contributed by atoms with Gasteiger partial charge in [-0.1, -0.05) is 23.8 Å². The lowest BCUT2D eigenvalue weighted by atomic mass is 9.57. The summed E-state index contributed by atoms with van der Waals surface area (Å²) in [6.45, 7) is 0. The molecule has 3 fully saturated rings. The Hall–Kier alpha value is -1.77. The van der Waals surface area contributed by atoms with Crippen molar-refractivity contribution in [3.63, 3.8) is 0 Å². The molecule has 0 amide bonds. The van der Waals surface area contributed by atoms with Gasteiger partial charge in [0.25, 0.3) is 0 Å². The van der Waals surface area contributed by atoms with E-state index in [1.807, 2.05) is 0 Å². The Morgan fingerprint density at radius 3 is 2.76 bits per heavy atom. The molecule has 0 aromatic carbocycles. The van der Waals surface area contributed by atoms with Crippen LogP contribution in [0.25, 0.3) is 0 Å². The zero-order valence-electron chi connectivity index (χ0n) is 14.6. The number of hydrogen-bond acceptors (Lipinski definition) is 3. The van der Waals surface area contributed by atoms with E-state index < -0.39 is 0 Å². The van der Waals surface area contributed by atoms with Gasteiger partial charge in [-0.05, 0) is 80.8 Å². The van der Waals surface area contributed by atoms with Crippen LogP contribution in [0.4, 0.5) is 0 Å². The van der Waals surface area contributed by atoms with Crippen LogP contribution in [0.15, 0.2) is 46.6 Å². The third-order valence-corrected chi connectivity index (χ3v) is 7.24. The highest BCUT2D eigenvalue weighted by molar-refractivity contribution is 5.86. The van der Waals surface area contributed by atoms with E-state index in [2.05, 4.69) is 18.2 Å². The van der Waals surface area contributed by atoms with Gasteiger partial charge in [-0.2, -0.15) is 0 Å². The fraction of sp³-hybridized carbons (Fsp3) is 0.591. The van der Waals surface area contributed by atoms with Crippen LogP contribution in [-0.2, 0) is 4.74 Å². The summed E-state index contributed by atoms with van der Waals surface area (Å²) >= 11 is 0. The molecule has 5 rings (SSSR count). The topological polar surface area (TPSA) is 39.4 Å². The van der Waals surface area contributed by atoms with Gasteiger partial charge < -0.3 is 9.15 Å². The van der Waals surface area contributed by atoms with Crippen molar-refractivity contribution < 1.29 is 13.9 Å². The lowest BCUT2D eigenvalue weighted by Crippen LogP contribution is -2.41. The van der Waals surface area contributed by atoms with E-state index in [1.54, 1.807) is 17.7 Å². The SMILES string of the molecule is O=C(OC1CCC2C1CCC1C3C=CCC=C3CCC12)c1ccco1. The second-order valence-electron chi connectivity index (χ2n) is 8.24. The van der Waals surface area contributed by atoms with E-state index >= 15 is 0 Å². The first-order chi connectivity index (χ1) is 12.3. The van der Waals surface area contributed by atoms with Crippen LogP contribution in [0.1, 0.15) is 55.5 Å². The van der Waals surface area contributed by atoms with Crippen LogP contribution in [0, 0.1) is 29.6 Å². The van der Waals surface area contributed by atoms with E-state index in [4.69, 9.17) is 9.15 Å². The summed E-state index contributed by atoms with van der Waals surface area (Å²) in [5.41, 5.74) is 1.70. The monoisotopic (exact) mass is 338 g/mol. The quantitative estimate of drug-likeness (QED) is 0.553. The van der Waals surface area contributed by atoms with E-state index in [1.165, 1.54) is 38.4 Å². The Morgan fingerprint density at radius 2 is 1.88 bits per heavy atom. The van der Waals surface area contributed by atoms with E-state index in [9.17, 15) is 4.79 Å². The third kappa shape index (κ3) is 2.59. The Labute approximate surface area is 149 Å². The Morgan fingerprint density at radius 1 is 1.04 bits per heavy atom. The zero-order valence-corrected chi connectivity index (χ0v) is 14.6. The Balaban J connectivity index is 1.30. The maximum absolute atomic E-state index is 12.3. The summed E-state index contributed by atoms with van der Waals surface area (Å²) < 4.78 is 11.1. The van der Waals surface area contributed by atoms with Crippen molar-refractivity contribution in [3.8, 4) is 0 Å². The van der Waals surface area contributed by atoms with Crippen molar-refractivity contribution in [2.24, 2.45) is 29.6 Å². The second-order valence-corrected chi connectivity index (χ2v) is 8.24. The molecule has 132 valence electrons. The Kier molecular flexibility index (Phi) is 3.83. The Bertz CT molecular complexity index is 699. The average Bonchev–Trinajstić information content (AvgIpc) is 3.31. The van der Waals surface area contributed by atoms with Gasteiger partial charge in [-0.25, -0.2) is 4.79 Å². The van der Waals surface area contributed by atoms with Gasteiger partial charge in [0, 0.05) is 5.92 Å². The highest BCUT2D eigenvalue weighted by Gasteiger charge is 2.50. The van der Waals surface area contributed by atoms with Crippen molar-refractivity contribution >= 4 is 5.97 Å². The fourth-order valence-corrected chi connectivity index (χ4v) is 6.24. The summed E-state index contributed by atoms with van der Waals surface area (Å²) in [5, 5.41) is 0. The molecule has 0 aliphatic heterocycles. The first-order valence-corrected chi connectivity index (χ1v) is 9.91. The normalized spacial score (nSPS) is 39.1. The number of esters is 1. The molecular weight excluding hydrogens is 312 g/mol. The van der Waals surface area contributed by atoms with Crippen LogP contribution in [0.2, 0.25) is 0 Å². The number of fused-ring (bicyclic) bond motifs is 5. The highest BCUT2D eigenvalue weighted by Crippen LogP contribution is 2.56. The molecule has 3 saturated carbocycles. The molecule has 25 heavy (non-hydrogen) atoms. The van der Waals surface area contributed by atoms with Crippen molar-refractivity contribution in [1.29, 1.82) is 0 Å². The minimum atomic E-state index is -0.290. The number of furan rings is 1. The summed E-state index contributed by atoms with van der Waals surface area (Å²) in [6.07, 6.45) is 17.4. The van der Waals surface area contributed by atoms with E-state index in [0.717, 1.165) is 30.6 Å². The number of allylic oxidation sites excluding steroid dienone is 4. The van der Waals surface area contributed by atoms with Crippen molar-refractivity contribution in [2.75, 3.05) is 0 Å². The molecule has 0 bridgehead atoms. The molecule has 0 N–H and O–H groups in total. The molecule has 4 aliphatic rings. The van der Waals surface area contributed by atoms with Gasteiger partial charge in [-0.3, -0.25) is 0 Å². The fourth-order valence-electron chi connectivity index (χ4n) is 6.24. The first kappa shape index (κ1) is 15.5. The molecule has 4 aliphatic carbocycles. The number of carbonyl (C=O) groups excluding carboxylic acids is 1. The van der Waals surface area contributed by atoms with Gasteiger partial charge in [-0.15, -0.1) is 0 Å². The molecule has 3 heteroatoms. The second kappa shape index (κ2) is 6.19. The standard InChI is InChI=1S/C22H26O3/c23-22(21-6-3-13-24-21)25-20-12-11-18-17-8-7-14-4-1-2-5-15(14)16(17)9-10-19(18)20/h2-6,13,15-20H,1,7-12H2. The number of rotatable bonds is 2. The molecule has 0 radical (unpaired) electrons. The third-order valence-electron chi connectivity index (χ3n) is 7.24. The van der Waals surface area contributed by atoms with Gasteiger partial charge in [0.2, 0.25) is 5.76 Å². The number of carbonyl (C=O) groups is 1. The molecule has 6 unspecified atom stereocenters. The highest BCUT2D eigenvalue weighted by atomic mass is 16.6. The molecule has 1 aromatic heterocycles. The van der Waals surface area contributed by atoms with Crippen LogP contribution in [-0.4, -0.2) is 12.1 Å². The van der Waals surface area contributed by atoms with Gasteiger partial charge in [0.05, 0.1) is 6.26 Å². The number of ether oxygens (including phenoxy) is 1. The van der Waals surface area contributed by atoms with Crippen LogP contribution in [0.3, 0.4) is 0 Å². The molecule has 0 spiro atoms. The first-order valence-electron chi connectivity index (χ1n) is 9.91. The van der Waals surface area contributed by atoms with E-state index in [0.29, 0.717) is 17.6 Å². The predicted molar refractivity (Wildman–Crippen MR) is 94.9 cm³/mol. The minimum Gasteiger partial charge on any atom is -0.457 e. The van der Waals surface area contributed by atoms with Crippen molar-refractivity contribution in [3.05, 3.63) is 48.0 Å². The molecule has 1 heterocycles. The maximum Gasteiger partial charge on any atom is 0.374 e. The van der Waals surface area contributed by atoms with Gasteiger partial charge in [0.15, 0.2) is 0 Å². The summed E-state index contributed by atoms with van der Waals surface area (Å²) in [6, 6.07) is 3.43. The summed E-state index contributed by atoms with van der Waals surface area (Å²) in [5.74, 6) is 3.66.